The van der Waals surface area contributed by atoms with E-state index in [2.05, 4.69) is 0 Å². The number of ether oxygens (including phenoxy) is 2. The standard InChI is InChI=1S/C15H13ClF2O2/c1-19-13-4-2-10(8-16)15(7-13)20-9-11-6-12(17)3-5-14(11)18/h2-7H,8-9H2,1H3. The molecule has 0 aliphatic carbocycles. The lowest BCUT2D eigenvalue weighted by Gasteiger charge is -2.12. The second kappa shape index (κ2) is 6.57. The molecule has 0 spiro atoms. The van der Waals surface area contributed by atoms with Crippen molar-refractivity contribution >= 4 is 11.6 Å². The van der Waals surface area contributed by atoms with E-state index < -0.39 is 11.6 Å². The Balaban J connectivity index is 2.19. The molecule has 0 saturated heterocycles. The van der Waals surface area contributed by atoms with Gasteiger partial charge in [-0.15, -0.1) is 11.6 Å². The molecule has 0 radical (unpaired) electrons. The van der Waals surface area contributed by atoms with Crippen molar-refractivity contribution < 1.29 is 18.3 Å². The van der Waals surface area contributed by atoms with Gasteiger partial charge in [0.25, 0.3) is 0 Å². The molecule has 0 fully saturated rings. The zero-order valence-electron chi connectivity index (χ0n) is 10.8. The summed E-state index contributed by atoms with van der Waals surface area (Å²) in [5, 5.41) is 0. The third-order valence-electron chi connectivity index (χ3n) is 2.81. The van der Waals surface area contributed by atoms with Crippen LogP contribution in [0.3, 0.4) is 0 Å². The zero-order valence-corrected chi connectivity index (χ0v) is 11.6. The van der Waals surface area contributed by atoms with Gasteiger partial charge in [0.15, 0.2) is 0 Å². The minimum atomic E-state index is -0.512. The van der Waals surface area contributed by atoms with E-state index in [-0.39, 0.29) is 18.1 Å². The minimum absolute atomic E-state index is 0.0827. The number of rotatable bonds is 5. The summed E-state index contributed by atoms with van der Waals surface area (Å²) >= 11 is 5.81. The largest absolute Gasteiger partial charge is 0.497 e. The first-order chi connectivity index (χ1) is 9.63. The molecule has 20 heavy (non-hydrogen) atoms. The van der Waals surface area contributed by atoms with Gasteiger partial charge < -0.3 is 9.47 Å². The molecule has 2 aromatic rings. The average molecular weight is 299 g/mol. The average Bonchev–Trinajstić information content (AvgIpc) is 2.47. The van der Waals surface area contributed by atoms with Crippen LogP contribution in [0, 0.1) is 11.6 Å². The SMILES string of the molecule is COc1ccc(CCl)c(OCc2cc(F)ccc2F)c1. The molecular weight excluding hydrogens is 286 g/mol. The minimum Gasteiger partial charge on any atom is -0.497 e. The summed E-state index contributed by atoms with van der Waals surface area (Å²) in [6.07, 6.45) is 0. The molecule has 2 rings (SSSR count). The Kier molecular flexibility index (Phi) is 4.79. The molecule has 0 bridgehead atoms. The third-order valence-corrected chi connectivity index (χ3v) is 3.10. The Labute approximate surface area is 120 Å². The van der Waals surface area contributed by atoms with Crippen molar-refractivity contribution in [3.05, 3.63) is 59.2 Å². The predicted octanol–water partition coefficient (Wildman–Crippen LogP) is 4.29. The lowest BCUT2D eigenvalue weighted by molar-refractivity contribution is 0.294. The fourth-order valence-corrected chi connectivity index (χ4v) is 1.94. The highest BCUT2D eigenvalue weighted by Gasteiger charge is 2.08. The molecule has 0 saturated carbocycles. The summed E-state index contributed by atoms with van der Waals surface area (Å²) < 4.78 is 37.2. The van der Waals surface area contributed by atoms with Crippen molar-refractivity contribution in [3.8, 4) is 11.5 Å². The van der Waals surface area contributed by atoms with Gasteiger partial charge in [-0.1, -0.05) is 6.07 Å². The summed E-state index contributed by atoms with van der Waals surface area (Å²) in [6, 6.07) is 8.43. The lowest BCUT2D eigenvalue weighted by atomic mass is 10.2. The number of hydrogen-bond acceptors (Lipinski definition) is 2. The summed E-state index contributed by atoms with van der Waals surface area (Å²) in [7, 11) is 1.53. The van der Waals surface area contributed by atoms with E-state index in [1.165, 1.54) is 7.11 Å². The van der Waals surface area contributed by atoms with Crippen LogP contribution >= 0.6 is 11.6 Å². The number of halogens is 3. The lowest BCUT2D eigenvalue weighted by Crippen LogP contribution is -2.01. The maximum Gasteiger partial charge on any atom is 0.130 e. The molecule has 0 amide bonds. The highest BCUT2D eigenvalue weighted by molar-refractivity contribution is 6.17. The van der Waals surface area contributed by atoms with E-state index in [0.717, 1.165) is 23.8 Å². The summed E-state index contributed by atoms with van der Waals surface area (Å²) in [5.41, 5.74) is 0.901. The third kappa shape index (κ3) is 3.39. The summed E-state index contributed by atoms with van der Waals surface area (Å²) in [5.74, 6) is 0.330. The number of benzene rings is 2. The second-order valence-electron chi connectivity index (χ2n) is 4.13. The van der Waals surface area contributed by atoms with Gasteiger partial charge in [-0.2, -0.15) is 0 Å². The van der Waals surface area contributed by atoms with Gasteiger partial charge in [0.1, 0.15) is 29.7 Å². The molecule has 0 atom stereocenters. The molecule has 106 valence electrons. The molecule has 0 aliphatic rings. The van der Waals surface area contributed by atoms with Gasteiger partial charge in [-0.25, -0.2) is 8.78 Å². The first kappa shape index (κ1) is 14.6. The van der Waals surface area contributed by atoms with Crippen LogP contribution in [-0.4, -0.2) is 7.11 Å². The van der Waals surface area contributed by atoms with Crippen molar-refractivity contribution in [3.63, 3.8) is 0 Å². The first-order valence-electron chi connectivity index (χ1n) is 5.93. The zero-order chi connectivity index (χ0) is 14.5. The van der Waals surface area contributed by atoms with Crippen LogP contribution in [0.4, 0.5) is 8.78 Å². The summed E-state index contributed by atoms with van der Waals surface area (Å²) in [4.78, 5) is 0. The van der Waals surface area contributed by atoms with E-state index in [0.29, 0.717) is 11.5 Å². The van der Waals surface area contributed by atoms with Gasteiger partial charge >= 0.3 is 0 Å². The number of alkyl halides is 1. The van der Waals surface area contributed by atoms with Gasteiger partial charge in [0.05, 0.1) is 13.0 Å². The van der Waals surface area contributed by atoms with Crippen molar-refractivity contribution in [1.82, 2.24) is 0 Å². The highest BCUT2D eigenvalue weighted by atomic mass is 35.5. The molecule has 0 aliphatic heterocycles. The van der Waals surface area contributed by atoms with Crippen LogP contribution in [0.5, 0.6) is 11.5 Å². The molecular formula is C15H13ClF2O2. The predicted molar refractivity (Wildman–Crippen MR) is 73.2 cm³/mol. The van der Waals surface area contributed by atoms with Crippen molar-refractivity contribution in [2.24, 2.45) is 0 Å². The molecule has 0 aromatic heterocycles. The smallest absolute Gasteiger partial charge is 0.130 e. The van der Waals surface area contributed by atoms with E-state index in [9.17, 15) is 8.78 Å². The van der Waals surface area contributed by atoms with Crippen molar-refractivity contribution in [2.75, 3.05) is 7.11 Å². The molecule has 0 unspecified atom stereocenters. The molecule has 2 aromatic carbocycles. The fraction of sp³-hybridized carbons (Fsp3) is 0.200. The normalized spacial score (nSPS) is 10.4. The van der Waals surface area contributed by atoms with Crippen LogP contribution in [0.15, 0.2) is 36.4 Å². The number of methoxy groups -OCH3 is 1. The van der Waals surface area contributed by atoms with Crippen LogP contribution < -0.4 is 9.47 Å². The maximum absolute atomic E-state index is 13.5. The van der Waals surface area contributed by atoms with Crippen molar-refractivity contribution in [2.45, 2.75) is 12.5 Å². The Bertz CT molecular complexity index is 602. The van der Waals surface area contributed by atoms with E-state index in [1.807, 2.05) is 0 Å². The van der Waals surface area contributed by atoms with Gasteiger partial charge in [0, 0.05) is 17.2 Å². The van der Waals surface area contributed by atoms with E-state index >= 15 is 0 Å². The molecule has 0 heterocycles. The van der Waals surface area contributed by atoms with Crippen LogP contribution in [-0.2, 0) is 12.5 Å². The monoisotopic (exact) mass is 298 g/mol. The van der Waals surface area contributed by atoms with Crippen LogP contribution in [0.25, 0.3) is 0 Å². The Hall–Kier alpha value is -1.81. The van der Waals surface area contributed by atoms with Gasteiger partial charge in [0.2, 0.25) is 0 Å². The van der Waals surface area contributed by atoms with Gasteiger partial charge in [-0.3, -0.25) is 0 Å². The van der Waals surface area contributed by atoms with Crippen molar-refractivity contribution in [1.29, 1.82) is 0 Å². The highest BCUT2D eigenvalue weighted by Crippen LogP contribution is 2.27. The van der Waals surface area contributed by atoms with Crippen LogP contribution in [0.2, 0.25) is 0 Å². The Morgan fingerprint density at radius 1 is 1.05 bits per heavy atom. The number of hydrogen-bond donors (Lipinski definition) is 0. The molecule has 5 heteroatoms. The topological polar surface area (TPSA) is 18.5 Å². The Morgan fingerprint density at radius 2 is 1.85 bits per heavy atom. The second-order valence-corrected chi connectivity index (χ2v) is 4.40. The van der Waals surface area contributed by atoms with Crippen LogP contribution in [0.1, 0.15) is 11.1 Å². The molecule has 0 N–H and O–H groups in total. The van der Waals surface area contributed by atoms with E-state index in [1.54, 1.807) is 18.2 Å². The maximum atomic E-state index is 13.5. The van der Waals surface area contributed by atoms with Gasteiger partial charge in [-0.05, 0) is 24.3 Å². The Morgan fingerprint density at radius 3 is 2.55 bits per heavy atom. The molecule has 2 nitrogen and oxygen atoms in total. The first-order valence-corrected chi connectivity index (χ1v) is 6.47. The van der Waals surface area contributed by atoms with E-state index in [4.69, 9.17) is 21.1 Å². The fourth-order valence-electron chi connectivity index (χ4n) is 1.72. The summed E-state index contributed by atoms with van der Waals surface area (Å²) in [6.45, 7) is -0.0827. The quantitative estimate of drug-likeness (QED) is 0.767.